The average molecular weight is 697 g/mol. The van der Waals surface area contributed by atoms with Crippen LogP contribution in [0.4, 0.5) is 0 Å². The molecule has 0 radical (unpaired) electrons. The van der Waals surface area contributed by atoms with Gasteiger partial charge in [0.2, 0.25) is 0 Å². The molecule has 6 rings (SSSR count). The first-order valence-corrected chi connectivity index (χ1v) is 18.5. The van der Waals surface area contributed by atoms with E-state index in [1.807, 2.05) is 20.8 Å². The summed E-state index contributed by atoms with van der Waals surface area (Å²) in [5.74, 6) is -0.802. The maximum Gasteiger partial charge on any atom is 0.302 e. The van der Waals surface area contributed by atoms with Crippen molar-refractivity contribution in [1.82, 2.24) is 0 Å². The van der Waals surface area contributed by atoms with Gasteiger partial charge < -0.3 is 54.7 Å². The van der Waals surface area contributed by atoms with E-state index in [1.165, 1.54) is 12.5 Å². The number of carbonyl (C=O) groups excluding carboxylic acids is 1. The highest BCUT2D eigenvalue weighted by Gasteiger charge is 2.70. The molecule has 4 aliphatic carbocycles. The molecule has 2 aliphatic heterocycles. The van der Waals surface area contributed by atoms with E-state index in [9.17, 15) is 40.5 Å². The first kappa shape index (κ1) is 37.6. The number of fused-ring (bicyclic) bond motifs is 5. The third kappa shape index (κ3) is 5.75. The molecule has 2 heterocycles. The lowest BCUT2D eigenvalue weighted by molar-refractivity contribution is -0.315. The minimum Gasteiger partial charge on any atom is -0.463 e. The maximum absolute atomic E-state index is 12.7. The maximum atomic E-state index is 12.7. The Bertz CT molecular complexity index is 1260. The summed E-state index contributed by atoms with van der Waals surface area (Å²) < 4.78 is 23.7. The topological polar surface area (TPSA) is 196 Å². The molecule has 12 heteroatoms. The molecule has 49 heavy (non-hydrogen) atoms. The predicted molar refractivity (Wildman–Crippen MR) is 176 cm³/mol. The van der Waals surface area contributed by atoms with Gasteiger partial charge in [0.05, 0.1) is 31.0 Å². The zero-order valence-corrected chi connectivity index (χ0v) is 29.9. The summed E-state index contributed by atoms with van der Waals surface area (Å²) in [6.45, 7) is 11.0. The summed E-state index contributed by atoms with van der Waals surface area (Å²) in [4.78, 5) is 11.7. The van der Waals surface area contributed by atoms with Crippen molar-refractivity contribution in [3.8, 4) is 0 Å². The second-order valence-corrected chi connectivity index (χ2v) is 17.0. The van der Waals surface area contributed by atoms with Gasteiger partial charge in [-0.3, -0.25) is 4.79 Å². The summed E-state index contributed by atoms with van der Waals surface area (Å²) in [5.41, 5.74) is -1.82. The van der Waals surface area contributed by atoms with Crippen molar-refractivity contribution in [1.29, 1.82) is 0 Å². The Morgan fingerprint density at radius 1 is 1.00 bits per heavy atom. The van der Waals surface area contributed by atoms with Gasteiger partial charge in [0.1, 0.15) is 42.2 Å². The Kier molecular flexibility index (Phi) is 10.2. The number of allylic oxidation sites excluding steroid dienone is 2. The molecule has 18 atom stereocenters. The monoisotopic (exact) mass is 696 g/mol. The van der Waals surface area contributed by atoms with Crippen molar-refractivity contribution < 1.29 is 59.5 Å². The number of esters is 1. The van der Waals surface area contributed by atoms with Crippen LogP contribution in [0.1, 0.15) is 92.9 Å². The molecular weight excluding hydrogens is 636 g/mol. The summed E-state index contributed by atoms with van der Waals surface area (Å²) in [7, 11) is 0. The lowest BCUT2D eigenvalue weighted by Crippen LogP contribution is -2.61. The first-order chi connectivity index (χ1) is 23.0. The minimum atomic E-state index is -1.52. The number of hydrogen-bond acceptors (Lipinski definition) is 12. The van der Waals surface area contributed by atoms with E-state index in [1.54, 1.807) is 0 Å². The molecule has 3 saturated carbocycles. The molecule has 0 aromatic rings. The zero-order chi connectivity index (χ0) is 35.8. The fraction of sp³-hybridized carbons (Fsp3) is 0.919. The van der Waals surface area contributed by atoms with E-state index in [-0.39, 0.29) is 35.9 Å². The SMILES string of the molecule is CC[C@H]1[C@H](O)[C@H]([C@@H](C)[C@@]2(O)[C@H](O)C[C@H]3C4=CC[C@@H]5C[C@H](O[C@@H]6O[C@H](CO)[C@@H](O)[C@H](O)[C@H]6O)CC[C@]5(C)[C@H]4CC[C@@]32C)O[C@]1(C)COC(C)=O. The van der Waals surface area contributed by atoms with Crippen molar-refractivity contribution in [2.75, 3.05) is 13.2 Å². The van der Waals surface area contributed by atoms with E-state index in [0.29, 0.717) is 25.2 Å². The predicted octanol–water partition coefficient (Wildman–Crippen LogP) is 1.58. The highest BCUT2D eigenvalue weighted by molar-refractivity contribution is 5.66. The molecule has 0 spiro atoms. The van der Waals surface area contributed by atoms with Gasteiger partial charge in [-0.1, -0.05) is 39.3 Å². The van der Waals surface area contributed by atoms with Crippen LogP contribution in [0.5, 0.6) is 0 Å². The van der Waals surface area contributed by atoms with Gasteiger partial charge in [-0.2, -0.15) is 0 Å². The van der Waals surface area contributed by atoms with Gasteiger partial charge in [-0.05, 0) is 81.5 Å². The average Bonchev–Trinajstić information content (AvgIpc) is 3.45. The van der Waals surface area contributed by atoms with Crippen molar-refractivity contribution in [2.45, 2.75) is 159 Å². The number of aliphatic hydroxyl groups is 7. The fourth-order valence-corrected chi connectivity index (χ4v) is 11.6. The third-order valence-corrected chi connectivity index (χ3v) is 14.6. The van der Waals surface area contributed by atoms with Crippen LogP contribution in [0.2, 0.25) is 0 Å². The Hall–Kier alpha value is -1.19. The summed E-state index contributed by atoms with van der Waals surface area (Å²) in [6.07, 6.45) is -1.35. The van der Waals surface area contributed by atoms with Crippen molar-refractivity contribution in [3.63, 3.8) is 0 Å². The number of hydrogen-bond donors (Lipinski definition) is 7. The molecule has 0 unspecified atom stereocenters. The van der Waals surface area contributed by atoms with E-state index in [2.05, 4.69) is 19.9 Å². The Labute approximate surface area is 289 Å². The van der Waals surface area contributed by atoms with Crippen LogP contribution >= 0.6 is 0 Å². The molecule has 6 aliphatic rings. The molecular formula is C37H60O12. The molecule has 0 aromatic heterocycles. The molecule has 5 fully saturated rings. The first-order valence-electron chi connectivity index (χ1n) is 18.5. The van der Waals surface area contributed by atoms with Crippen LogP contribution in [0.3, 0.4) is 0 Å². The van der Waals surface area contributed by atoms with Gasteiger partial charge in [0.25, 0.3) is 0 Å². The lowest BCUT2D eigenvalue weighted by atomic mass is 9.47. The molecule has 0 amide bonds. The highest BCUT2D eigenvalue weighted by Crippen LogP contribution is 2.68. The van der Waals surface area contributed by atoms with Crippen molar-refractivity contribution in [3.05, 3.63) is 11.6 Å². The lowest BCUT2D eigenvalue weighted by Gasteiger charge is -2.59. The molecule has 0 bridgehead atoms. The molecule has 7 N–H and O–H groups in total. The quantitative estimate of drug-likeness (QED) is 0.143. The smallest absolute Gasteiger partial charge is 0.302 e. The van der Waals surface area contributed by atoms with E-state index >= 15 is 0 Å². The van der Waals surface area contributed by atoms with Crippen LogP contribution in [0.15, 0.2) is 11.6 Å². The zero-order valence-electron chi connectivity index (χ0n) is 29.9. The van der Waals surface area contributed by atoms with Gasteiger partial charge in [0.15, 0.2) is 6.29 Å². The van der Waals surface area contributed by atoms with Crippen LogP contribution in [-0.4, -0.2) is 121 Å². The summed E-state index contributed by atoms with van der Waals surface area (Å²) in [6, 6.07) is 0. The number of rotatable bonds is 8. The Morgan fingerprint density at radius 2 is 1.71 bits per heavy atom. The number of aliphatic hydroxyl groups excluding tert-OH is 6. The van der Waals surface area contributed by atoms with E-state index < -0.39 is 84.1 Å². The molecule has 12 nitrogen and oxygen atoms in total. The Balaban J connectivity index is 1.19. The number of ether oxygens (including phenoxy) is 4. The van der Waals surface area contributed by atoms with Crippen LogP contribution in [0.25, 0.3) is 0 Å². The molecule has 2 saturated heterocycles. The normalized spacial score (nSPS) is 53.2. The Morgan fingerprint density at radius 3 is 2.37 bits per heavy atom. The van der Waals surface area contributed by atoms with Crippen molar-refractivity contribution in [2.24, 2.45) is 40.4 Å². The van der Waals surface area contributed by atoms with E-state index in [0.717, 1.165) is 32.1 Å². The molecule has 0 aromatic carbocycles. The van der Waals surface area contributed by atoms with E-state index in [4.69, 9.17) is 18.9 Å². The summed E-state index contributed by atoms with van der Waals surface area (Å²) in [5, 5.41) is 76.6. The van der Waals surface area contributed by atoms with Gasteiger partial charge in [-0.25, -0.2) is 0 Å². The van der Waals surface area contributed by atoms with Crippen molar-refractivity contribution >= 4 is 5.97 Å². The van der Waals surface area contributed by atoms with Gasteiger partial charge in [0, 0.05) is 24.2 Å². The van der Waals surface area contributed by atoms with Crippen LogP contribution in [-0.2, 0) is 23.7 Å². The fourth-order valence-electron chi connectivity index (χ4n) is 11.6. The molecule has 280 valence electrons. The number of carbonyl (C=O) groups is 1. The largest absolute Gasteiger partial charge is 0.463 e. The minimum absolute atomic E-state index is 0.00469. The van der Waals surface area contributed by atoms with Gasteiger partial charge in [-0.15, -0.1) is 0 Å². The standard InChI is InChI=1S/C37H60O12/c1-7-23-28(41)32(49-36(23,6)17-46-19(3)39)18(2)37(45)27(40)15-25-22-9-8-20-14-21(10-12-34(20,4)24(22)11-13-35(25,37)5)47-33-31(44)30(43)29(42)26(16-38)48-33/h9,18,20-21,23-33,38,40-45H,7-8,10-17H2,1-6H3/t18-,20-,21-,23+,24+,25+,26-,27-,28+,29-,30+,31-,32+,33-,34+,35+,36-,37-/m1/s1. The third-order valence-electron chi connectivity index (χ3n) is 14.6. The second kappa shape index (κ2) is 13.3. The summed E-state index contributed by atoms with van der Waals surface area (Å²) >= 11 is 0. The van der Waals surface area contributed by atoms with Gasteiger partial charge >= 0.3 is 5.97 Å². The van der Waals surface area contributed by atoms with Crippen LogP contribution in [0, 0.1) is 40.4 Å². The highest BCUT2D eigenvalue weighted by atomic mass is 16.7. The van der Waals surface area contributed by atoms with Crippen LogP contribution < -0.4 is 0 Å². The second-order valence-electron chi connectivity index (χ2n) is 17.0.